The minimum atomic E-state index is -0.931. The molecule has 7 heteroatoms. The topological polar surface area (TPSA) is 65.1 Å². The first kappa shape index (κ1) is 25.9. The van der Waals surface area contributed by atoms with Crippen molar-refractivity contribution in [2.45, 2.75) is 63.5 Å². The lowest BCUT2D eigenvalue weighted by atomic mass is 9.91. The molecule has 0 N–H and O–H groups in total. The third-order valence-electron chi connectivity index (χ3n) is 7.38. The normalized spacial score (nSPS) is 18.1. The Morgan fingerprint density at radius 2 is 1.63 bits per heavy atom. The molecule has 0 saturated heterocycles. The lowest BCUT2D eigenvalue weighted by Gasteiger charge is -2.38. The summed E-state index contributed by atoms with van der Waals surface area (Å²) < 4.78 is 32.7. The quantitative estimate of drug-likeness (QED) is 0.368. The molecule has 2 aliphatic rings. The number of methoxy groups -OCH3 is 1. The van der Waals surface area contributed by atoms with Gasteiger partial charge in [0.05, 0.1) is 13.2 Å². The van der Waals surface area contributed by atoms with E-state index in [1.807, 2.05) is 60.7 Å². The number of fused-ring (bicyclic) bond motifs is 1. The van der Waals surface area contributed by atoms with Gasteiger partial charge in [0.25, 0.3) is 5.91 Å². The van der Waals surface area contributed by atoms with Crippen molar-refractivity contribution in [3.05, 3.63) is 101 Å². The van der Waals surface area contributed by atoms with Crippen LogP contribution in [0.5, 0.6) is 5.75 Å². The van der Waals surface area contributed by atoms with E-state index in [0.29, 0.717) is 29.0 Å². The summed E-state index contributed by atoms with van der Waals surface area (Å²) in [4.78, 5) is 28.5. The van der Waals surface area contributed by atoms with Crippen LogP contribution in [0.2, 0.25) is 0 Å². The first-order valence-electron chi connectivity index (χ1n) is 13.1. The minimum absolute atomic E-state index is 0.0347. The van der Waals surface area contributed by atoms with Crippen molar-refractivity contribution in [3.8, 4) is 5.75 Å². The van der Waals surface area contributed by atoms with Gasteiger partial charge in [-0.05, 0) is 36.1 Å². The Bertz CT molecular complexity index is 1260. The van der Waals surface area contributed by atoms with Crippen LogP contribution in [-0.4, -0.2) is 36.0 Å². The predicted octanol–water partition coefficient (Wildman–Crippen LogP) is 5.53. The highest BCUT2D eigenvalue weighted by atomic mass is 19.1. The minimum Gasteiger partial charge on any atom is -0.489 e. The van der Waals surface area contributed by atoms with Crippen LogP contribution in [-0.2, 0) is 38.6 Å². The first-order valence-corrected chi connectivity index (χ1v) is 13.1. The fourth-order valence-corrected chi connectivity index (χ4v) is 5.35. The number of hydrogen-bond donors (Lipinski definition) is 0. The zero-order chi connectivity index (χ0) is 26.5. The SMILES string of the molecule is COC(=O)[C@@H]1Cc2c(OCc3ccccc3)ccc(F)c2CN1C(=O)[C@@H](OC1CCCC1)c1ccccc1. The monoisotopic (exact) mass is 517 g/mol. The molecule has 0 bridgehead atoms. The summed E-state index contributed by atoms with van der Waals surface area (Å²) in [6.45, 7) is 0.218. The number of rotatable bonds is 8. The van der Waals surface area contributed by atoms with Gasteiger partial charge in [0, 0.05) is 24.1 Å². The highest BCUT2D eigenvalue weighted by Gasteiger charge is 2.41. The summed E-state index contributed by atoms with van der Waals surface area (Å²) in [6.07, 6.45) is 3.03. The number of esters is 1. The molecule has 0 aromatic heterocycles. The van der Waals surface area contributed by atoms with E-state index in [0.717, 1.165) is 31.2 Å². The van der Waals surface area contributed by atoms with E-state index < -0.39 is 23.9 Å². The highest BCUT2D eigenvalue weighted by molar-refractivity contribution is 5.88. The Kier molecular flexibility index (Phi) is 8.03. The number of halogens is 1. The summed E-state index contributed by atoms with van der Waals surface area (Å²) in [7, 11) is 1.29. The Hall–Kier alpha value is -3.71. The van der Waals surface area contributed by atoms with E-state index in [4.69, 9.17) is 14.2 Å². The van der Waals surface area contributed by atoms with E-state index in [-0.39, 0.29) is 25.0 Å². The molecule has 3 aromatic rings. The zero-order valence-corrected chi connectivity index (χ0v) is 21.5. The molecule has 1 heterocycles. The van der Waals surface area contributed by atoms with Gasteiger partial charge in [-0.25, -0.2) is 9.18 Å². The molecule has 3 aromatic carbocycles. The average molecular weight is 518 g/mol. The van der Waals surface area contributed by atoms with Gasteiger partial charge >= 0.3 is 5.97 Å². The molecule has 1 fully saturated rings. The van der Waals surface area contributed by atoms with Gasteiger partial charge in [-0.1, -0.05) is 73.5 Å². The van der Waals surface area contributed by atoms with Crippen LogP contribution in [0.4, 0.5) is 4.39 Å². The van der Waals surface area contributed by atoms with E-state index >= 15 is 4.39 Å². The second-order valence-corrected chi connectivity index (χ2v) is 9.82. The third kappa shape index (κ3) is 5.58. The number of amides is 1. The molecule has 5 rings (SSSR count). The molecular formula is C31H32FNO5. The molecule has 1 amide bonds. The Labute approximate surface area is 222 Å². The van der Waals surface area contributed by atoms with Crippen LogP contribution in [0.25, 0.3) is 0 Å². The van der Waals surface area contributed by atoms with Gasteiger partial charge in [0.1, 0.15) is 24.2 Å². The maximum atomic E-state index is 15.2. The second kappa shape index (κ2) is 11.8. The average Bonchev–Trinajstić information content (AvgIpc) is 3.49. The lowest BCUT2D eigenvalue weighted by Crippen LogP contribution is -2.51. The molecule has 1 saturated carbocycles. The van der Waals surface area contributed by atoms with E-state index in [1.165, 1.54) is 18.1 Å². The molecule has 38 heavy (non-hydrogen) atoms. The fourth-order valence-electron chi connectivity index (χ4n) is 5.35. The van der Waals surface area contributed by atoms with Gasteiger partial charge < -0.3 is 19.1 Å². The molecule has 6 nitrogen and oxygen atoms in total. The van der Waals surface area contributed by atoms with Crippen molar-refractivity contribution in [1.29, 1.82) is 0 Å². The summed E-state index contributed by atoms with van der Waals surface area (Å²) >= 11 is 0. The largest absolute Gasteiger partial charge is 0.489 e. The van der Waals surface area contributed by atoms with Crippen LogP contribution in [0, 0.1) is 5.82 Å². The molecule has 1 aliphatic heterocycles. The van der Waals surface area contributed by atoms with E-state index in [2.05, 4.69) is 0 Å². The zero-order valence-electron chi connectivity index (χ0n) is 21.5. The van der Waals surface area contributed by atoms with Crippen LogP contribution in [0.3, 0.4) is 0 Å². The molecule has 0 spiro atoms. The van der Waals surface area contributed by atoms with Crippen molar-refractivity contribution in [1.82, 2.24) is 4.90 Å². The molecule has 1 aliphatic carbocycles. The van der Waals surface area contributed by atoms with Gasteiger partial charge in [0.15, 0.2) is 6.10 Å². The summed E-state index contributed by atoms with van der Waals surface area (Å²) in [5.41, 5.74) is 2.60. The van der Waals surface area contributed by atoms with Gasteiger partial charge in [0.2, 0.25) is 0 Å². The predicted molar refractivity (Wildman–Crippen MR) is 140 cm³/mol. The van der Waals surface area contributed by atoms with E-state index in [9.17, 15) is 9.59 Å². The summed E-state index contributed by atoms with van der Waals surface area (Å²) in [5.74, 6) is -0.886. The maximum Gasteiger partial charge on any atom is 0.328 e. The van der Waals surface area contributed by atoms with Crippen molar-refractivity contribution in [3.63, 3.8) is 0 Å². The Morgan fingerprint density at radius 3 is 2.32 bits per heavy atom. The molecule has 0 radical (unpaired) electrons. The van der Waals surface area contributed by atoms with Crippen LogP contribution in [0.15, 0.2) is 72.8 Å². The smallest absolute Gasteiger partial charge is 0.328 e. The Morgan fingerprint density at radius 1 is 0.947 bits per heavy atom. The second-order valence-electron chi connectivity index (χ2n) is 9.82. The third-order valence-corrected chi connectivity index (χ3v) is 7.38. The van der Waals surface area contributed by atoms with Crippen LogP contribution >= 0.6 is 0 Å². The number of carbonyl (C=O) groups excluding carboxylic acids is 2. The van der Waals surface area contributed by atoms with Crippen molar-refractivity contribution < 1.29 is 28.2 Å². The molecular weight excluding hydrogens is 485 g/mol. The van der Waals surface area contributed by atoms with Crippen LogP contribution in [0.1, 0.15) is 54.0 Å². The number of ether oxygens (including phenoxy) is 3. The summed E-state index contributed by atoms with van der Waals surface area (Å²) in [6, 6.07) is 20.9. The first-order chi connectivity index (χ1) is 18.5. The number of benzene rings is 3. The lowest BCUT2D eigenvalue weighted by molar-refractivity contribution is -0.162. The van der Waals surface area contributed by atoms with Gasteiger partial charge in [-0.3, -0.25) is 4.79 Å². The van der Waals surface area contributed by atoms with E-state index in [1.54, 1.807) is 6.07 Å². The Balaban J connectivity index is 1.46. The molecule has 198 valence electrons. The standard InChI is InChI=1S/C31H32FNO5/c1-36-31(35)27-18-24-25(26(32)16-17-28(24)37-20-21-10-4-2-5-11-21)19-33(27)30(34)29(22-12-6-3-7-13-22)38-23-14-8-9-15-23/h2-7,10-13,16-17,23,27,29H,8-9,14-15,18-20H2,1H3/t27-,29-/m0/s1. The molecule has 0 unspecified atom stereocenters. The van der Waals surface area contributed by atoms with Gasteiger partial charge in [-0.15, -0.1) is 0 Å². The highest BCUT2D eigenvalue weighted by Crippen LogP contribution is 2.36. The maximum absolute atomic E-state index is 15.2. The van der Waals surface area contributed by atoms with Crippen molar-refractivity contribution >= 4 is 11.9 Å². The van der Waals surface area contributed by atoms with Gasteiger partial charge in [-0.2, -0.15) is 0 Å². The van der Waals surface area contributed by atoms with Crippen molar-refractivity contribution in [2.24, 2.45) is 0 Å². The van der Waals surface area contributed by atoms with Crippen molar-refractivity contribution in [2.75, 3.05) is 7.11 Å². The van der Waals surface area contributed by atoms with Crippen LogP contribution < -0.4 is 4.74 Å². The fraction of sp³-hybridized carbons (Fsp3) is 0.355. The number of hydrogen-bond acceptors (Lipinski definition) is 5. The molecule has 2 atom stereocenters. The number of nitrogens with zero attached hydrogens (tertiary/aromatic N) is 1. The number of carbonyl (C=O) groups is 2. The summed E-state index contributed by atoms with van der Waals surface area (Å²) in [5, 5.41) is 0.